The van der Waals surface area contributed by atoms with Crippen LogP contribution in [0.15, 0.2) is 47.7 Å². The van der Waals surface area contributed by atoms with Gasteiger partial charge in [-0.2, -0.15) is 26.3 Å². The first-order valence-corrected chi connectivity index (χ1v) is 17.1. The number of amides is 1. The smallest absolute Gasteiger partial charge is 0.416 e. The molecule has 1 aliphatic carbocycles. The summed E-state index contributed by atoms with van der Waals surface area (Å²) in [5.74, 6) is -2.32. The number of aryl methyl sites for hydroxylation is 1. The first-order chi connectivity index (χ1) is 24.1. The number of alkyl halides is 7. The van der Waals surface area contributed by atoms with Gasteiger partial charge in [0, 0.05) is 34.2 Å². The van der Waals surface area contributed by atoms with Crippen molar-refractivity contribution in [1.29, 1.82) is 0 Å². The molecule has 6 rings (SSSR count). The zero-order valence-electron chi connectivity index (χ0n) is 28.6. The number of rotatable bonds is 7. The largest absolute Gasteiger partial charge is 0.478 e. The van der Waals surface area contributed by atoms with E-state index in [9.17, 15) is 45.4 Å². The van der Waals surface area contributed by atoms with E-state index in [-0.39, 0.29) is 42.9 Å². The van der Waals surface area contributed by atoms with Crippen molar-refractivity contribution < 1.29 is 50.2 Å². The number of allylic oxidation sites excluding steroid dienone is 3. The number of carbonyl (C=O) groups is 2. The Morgan fingerprint density at radius 1 is 1.06 bits per heavy atom. The van der Waals surface area contributed by atoms with Crippen LogP contribution < -0.4 is 4.90 Å². The zero-order chi connectivity index (χ0) is 38.1. The van der Waals surface area contributed by atoms with Gasteiger partial charge in [-0.25, -0.2) is 28.9 Å². The fourth-order valence-electron chi connectivity index (χ4n) is 6.48. The van der Waals surface area contributed by atoms with E-state index in [1.165, 1.54) is 41.5 Å². The number of cyclic esters (lactones) is 1. The molecule has 2 aromatic heterocycles. The molecule has 278 valence electrons. The molecule has 17 heteroatoms. The molecule has 1 amide bonds. The van der Waals surface area contributed by atoms with Gasteiger partial charge in [0.1, 0.15) is 17.3 Å². The number of ether oxygens (including phenoxy) is 1. The lowest BCUT2D eigenvalue weighted by atomic mass is 9.83. The molecule has 2 fully saturated rings. The van der Waals surface area contributed by atoms with Gasteiger partial charge in [0.25, 0.3) is 0 Å². The fourth-order valence-corrected chi connectivity index (χ4v) is 7.88. The monoisotopic (exact) mass is 753 g/mol. The second-order valence-electron chi connectivity index (χ2n) is 14.2. The van der Waals surface area contributed by atoms with Crippen LogP contribution in [0.5, 0.6) is 0 Å². The highest BCUT2D eigenvalue weighted by atomic mass is 32.1. The Labute approximate surface area is 297 Å². The number of halogens is 7. The van der Waals surface area contributed by atoms with Crippen LogP contribution in [-0.2, 0) is 16.7 Å². The second-order valence-corrected chi connectivity index (χ2v) is 15.2. The Morgan fingerprint density at radius 3 is 2.33 bits per heavy atom. The van der Waals surface area contributed by atoms with E-state index in [2.05, 4.69) is 4.98 Å². The number of hydrogen-bond donors (Lipinski definition) is 1. The Hall–Kier alpha value is -4.54. The topological polar surface area (TPSA) is 109 Å². The average molecular weight is 754 g/mol. The number of anilines is 1. The van der Waals surface area contributed by atoms with Gasteiger partial charge < -0.3 is 14.7 Å². The molecule has 1 N–H and O–H groups in total. The molecule has 3 atom stereocenters. The van der Waals surface area contributed by atoms with Gasteiger partial charge in [0.05, 0.1) is 53.1 Å². The average Bonchev–Trinajstić information content (AvgIpc) is 3.60. The number of carboxylic acids is 1. The highest BCUT2D eigenvalue weighted by Gasteiger charge is 2.49. The minimum atomic E-state index is -5.06. The highest BCUT2D eigenvalue weighted by molar-refractivity contribution is 7.18. The summed E-state index contributed by atoms with van der Waals surface area (Å²) in [5, 5.41) is 10.0. The van der Waals surface area contributed by atoms with Gasteiger partial charge in [-0.1, -0.05) is 32.9 Å². The van der Waals surface area contributed by atoms with E-state index >= 15 is 0 Å². The van der Waals surface area contributed by atoms with Gasteiger partial charge in [0.2, 0.25) is 5.95 Å². The van der Waals surface area contributed by atoms with E-state index in [0.29, 0.717) is 38.3 Å². The molecule has 9 nitrogen and oxygen atoms in total. The van der Waals surface area contributed by atoms with Crippen molar-refractivity contribution >= 4 is 29.3 Å². The van der Waals surface area contributed by atoms with Crippen LogP contribution in [0.4, 0.5) is 41.5 Å². The van der Waals surface area contributed by atoms with E-state index in [4.69, 9.17) is 14.7 Å². The summed E-state index contributed by atoms with van der Waals surface area (Å²) in [4.78, 5) is 42.5. The summed E-state index contributed by atoms with van der Waals surface area (Å²) < 4.78 is 102. The Kier molecular flexibility index (Phi) is 9.41. The highest BCUT2D eigenvalue weighted by Crippen LogP contribution is 2.45. The van der Waals surface area contributed by atoms with Crippen LogP contribution in [0, 0.1) is 12.8 Å². The van der Waals surface area contributed by atoms with Crippen LogP contribution in [0.3, 0.4) is 0 Å². The fraction of sp³-hybridized carbons (Fsp3) is 0.457. The van der Waals surface area contributed by atoms with Gasteiger partial charge in [-0.05, 0) is 44.0 Å². The molecule has 0 spiro atoms. The number of carbonyl (C=O) groups excluding carboxylic acids is 1. The molecule has 1 unspecified atom stereocenters. The zero-order valence-corrected chi connectivity index (χ0v) is 29.4. The van der Waals surface area contributed by atoms with Crippen molar-refractivity contribution in [3.8, 4) is 21.0 Å². The van der Waals surface area contributed by atoms with E-state index < -0.39 is 71.6 Å². The van der Waals surface area contributed by atoms with Gasteiger partial charge in [-0.15, -0.1) is 11.3 Å². The third kappa shape index (κ3) is 7.23. The molecule has 1 aromatic carbocycles. The van der Waals surface area contributed by atoms with E-state index in [1.54, 1.807) is 17.9 Å². The van der Waals surface area contributed by atoms with Crippen molar-refractivity contribution in [3.05, 3.63) is 70.2 Å². The summed E-state index contributed by atoms with van der Waals surface area (Å²) in [6.45, 7) is 8.88. The number of aromatic carboxylic acids is 1. The van der Waals surface area contributed by atoms with Crippen molar-refractivity contribution in [2.45, 2.75) is 83.7 Å². The number of thiazole rings is 1. The summed E-state index contributed by atoms with van der Waals surface area (Å²) in [6.07, 6.45) is -12.0. The lowest BCUT2D eigenvalue weighted by Gasteiger charge is -2.34. The standard InChI is InChI=1S/C35H34F7N5O4S/c1-16-8-18(30(48)49)6-7-23(16)29-45-28(33(3,4)5)27(52-29)24-12-43-31(46-13-22(36)14-46)44-25(24)15-47-17(2)26(51-32(47)50)19-9-20(34(37,38)39)11-21(10-19)35(40,41)42/h6-9,11-12,17,19,22,26H,10,13-15H2,1-5H3,(H,48,49)/t17-,19?,26-/m0/s1. The summed E-state index contributed by atoms with van der Waals surface area (Å²) in [6, 6.07) is 3.70. The van der Waals surface area contributed by atoms with Crippen LogP contribution in [0.2, 0.25) is 0 Å². The molecule has 4 heterocycles. The second kappa shape index (κ2) is 13.1. The predicted molar refractivity (Wildman–Crippen MR) is 178 cm³/mol. The molecule has 3 aromatic rings. The number of hydrogen-bond acceptors (Lipinski definition) is 8. The molecule has 0 saturated carbocycles. The molecule has 2 aliphatic heterocycles. The molecular weight excluding hydrogens is 719 g/mol. The molecule has 3 aliphatic rings. The quantitative estimate of drug-likeness (QED) is 0.240. The van der Waals surface area contributed by atoms with E-state index in [0.717, 1.165) is 0 Å². The maximum atomic E-state index is 13.8. The Morgan fingerprint density at radius 2 is 1.75 bits per heavy atom. The molecular formula is C35H34F7N5O4S. The number of carboxylic acid groups (broad SMARTS) is 1. The minimum Gasteiger partial charge on any atom is -0.478 e. The maximum Gasteiger partial charge on any atom is 0.416 e. The lowest BCUT2D eigenvalue weighted by Crippen LogP contribution is -2.49. The van der Waals surface area contributed by atoms with Crippen LogP contribution in [-0.4, -0.2) is 80.8 Å². The van der Waals surface area contributed by atoms with Crippen molar-refractivity contribution in [3.63, 3.8) is 0 Å². The number of benzene rings is 1. The first kappa shape index (κ1) is 37.2. The van der Waals surface area contributed by atoms with Gasteiger partial charge >= 0.3 is 24.4 Å². The lowest BCUT2D eigenvalue weighted by molar-refractivity contribution is -0.101. The Bertz CT molecular complexity index is 1980. The van der Waals surface area contributed by atoms with Crippen LogP contribution >= 0.6 is 11.3 Å². The van der Waals surface area contributed by atoms with Crippen molar-refractivity contribution in [2.75, 3.05) is 18.0 Å². The van der Waals surface area contributed by atoms with Gasteiger partial charge in [0.15, 0.2) is 0 Å². The van der Waals surface area contributed by atoms with Crippen molar-refractivity contribution in [1.82, 2.24) is 19.9 Å². The number of aromatic nitrogens is 3. The minimum absolute atomic E-state index is 0.0389. The molecule has 0 radical (unpaired) electrons. The molecule has 0 bridgehead atoms. The summed E-state index contributed by atoms with van der Waals surface area (Å²) in [5.41, 5.74) is -0.564. The van der Waals surface area contributed by atoms with Crippen LogP contribution in [0.1, 0.15) is 61.4 Å². The maximum absolute atomic E-state index is 13.8. The SMILES string of the molecule is Cc1cc(C(=O)O)ccc1-c1nc(C(C)(C)C)c(-c2cnc(N3CC(F)C3)nc2CN2C(=O)O[C@H](C3C=C(C(F)(F)F)C=C(C(F)(F)F)C3)[C@@H]2C)s1. The number of nitrogens with zero attached hydrogens (tertiary/aromatic N) is 5. The normalized spacial score (nSPS) is 21.5. The molecule has 2 saturated heterocycles. The van der Waals surface area contributed by atoms with Gasteiger partial charge in [-0.3, -0.25) is 4.90 Å². The third-order valence-corrected chi connectivity index (χ3v) is 10.4. The molecule has 52 heavy (non-hydrogen) atoms. The predicted octanol–water partition coefficient (Wildman–Crippen LogP) is 8.44. The van der Waals surface area contributed by atoms with Crippen molar-refractivity contribution in [2.24, 2.45) is 5.92 Å². The summed E-state index contributed by atoms with van der Waals surface area (Å²) >= 11 is 1.28. The third-order valence-electron chi connectivity index (χ3n) is 9.31. The first-order valence-electron chi connectivity index (χ1n) is 16.3. The Balaban J connectivity index is 1.40. The van der Waals surface area contributed by atoms with E-state index in [1.807, 2.05) is 20.8 Å². The van der Waals surface area contributed by atoms with Crippen LogP contribution in [0.25, 0.3) is 21.0 Å². The summed E-state index contributed by atoms with van der Waals surface area (Å²) in [7, 11) is 0.